The molecule has 1 amide bonds. The molecule has 0 atom stereocenters. The SMILES string of the molecule is O=C(NCc1cccc(Cn2cccn2)c1)c1cnc(-c2ccccc2Cl)s1. The van der Waals surface area contributed by atoms with Crippen LogP contribution in [0.1, 0.15) is 20.8 Å². The molecule has 0 aliphatic heterocycles. The Labute approximate surface area is 171 Å². The molecule has 0 bridgehead atoms. The lowest BCUT2D eigenvalue weighted by Crippen LogP contribution is -2.21. The average Bonchev–Trinajstić information content (AvgIpc) is 3.39. The van der Waals surface area contributed by atoms with E-state index in [4.69, 9.17) is 11.6 Å². The highest BCUT2D eigenvalue weighted by molar-refractivity contribution is 7.17. The van der Waals surface area contributed by atoms with E-state index in [-0.39, 0.29) is 5.91 Å². The van der Waals surface area contributed by atoms with E-state index in [2.05, 4.69) is 21.5 Å². The number of aromatic nitrogens is 3. The van der Waals surface area contributed by atoms with Crippen LogP contribution in [0.3, 0.4) is 0 Å². The van der Waals surface area contributed by atoms with Crippen LogP contribution < -0.4 is 5.32 Å². The van der Waals surface area contributed by atoms with Gasteiger partial charge in [0.15, 0.2) is 0 Å². The smallest absolute Gasteiger partial charge is 0.263 e. The van der Waals surface area contributed by atoms with Crippen molar-refractivity contribution in [3.63, 3.8) is 0 Å². The molecule has 2 aromatic heterocycles. The third-order valence-corrected chi connectivity index (χ3v) is 5.54. The lowest BCUT2D eigenvalue weighted by Gasteiger charge is -2.07. The van der Waals surface area contributed by atoms with Crippen molar-refractivity contribution in [2.75, 3.05) is 0 Å². The zero-order valence-electron chi connectivity index (χ0n) is 14.9. The number of nitrogens with one attached hydrogen (secondary N) is 1. The summed E-state index contributed by atoms with van der Waals surface area (Å²) < 4.78 is 1.87. The Bertz CT molecular complexity index is 1090. The summed E-state index contributed by atoms with van der Waals surface area (Å²) in [5.74, 6) is -0.145. The predicted molar refractivity (Wildman–Crippen MR) is 112 cm³/mol. The van der Waals surface area contributed by atoms with Crippen molar-refractivity contribution in [3.8, 4) is 10.6 Å². The van der Waals surface area contributed by atoms with Crippen molar-refractivity contribution in [2.24, 2.45) is 0 Å². The van der Waals surface area contributed by atoms with Gasteiger partial charge in [-0.05, 0) is 23.3 Å². The van der Waals surface area contributed by atoms with Crippen molar-refractivity contribution in [3.05, 3.63) is 94.2 Å². The molecular formula is C21H17ClN4OS. The maximum Gasteiger partial charge on any atom is 0.263 e. The van der Waals surface area contributed by atoms with Crippen LogP contribution in [0.4, 0.5) is 0 Å². The second-order valence-corrected chi connectivity index (χ2v) is 7.65. The Morgan fingerprint density at radius 2 is 1.96 bits per heavy atom. The van der Waals surface area contributed by atoms with Gasteiger partial charge >= 0.3 is 0 Å². The minimum Gasteiger partial charge on any atom is -0.347 e. The Balaban J connectivity index is 1.40. The first-order valence-corrected chi connectivity index (χ1v) is 9.92. The molecule has 0 radical (unpaired) electrons. The number of amides is 1. The second kappa shape index (κ2) is 8.37. The summed E-state index contributed by atoms with van der Waals surface area (Å²) >= 11 is 7.54. The lowest BCUT2D eigenvalue weighted by molar-refractivity contribution is 0.0954. The highest BCUT2D eigenvalue weighted by Gasteiger charge is 2.13. The lowest BCUT2D eigenvalue weighted by atomic mass is 10.1. The van der Waals surface area contributed by atoms with Crippen LogP contribution >= 0.6 is 22.9 Å². The van der Waals surface area contributed by atoms with Crippen LogP contribution in [0.5, 0.6) is 0 Å². The van der Waals surface area contributed by atoms with Gasteiger partial charge in [0.1, 0.15) is 9.88 Å². The van der Waals surface area contributed by atoms with Gasteiger partial charge in [0.25, 0.3) is 5.91 Å². The van der Waals surface area contributed by atoms with E-state index in [1.165, 1.54) is 11.3 Å². The molecule has 7 heteroatoms. The molecule has 140 valence electrons. The molecule has 0 aliphatic carbocycles. The van der Waals surface area contributed by atoms with Gasteiger partial charge in [0.2, 0.25) is 0 Å². The number of benzene rings is 2. The number of nitrogens with zero attached hydrogens (tertiary/aromatic N) is 3. The Morgan fingerprint density at radius 1 is 1.11 bits per heavy atom. The highest BCUT2D eigenvalue weighted by atomic mass is 35.5. The Morgan fingerprint density at radius 3 is 2.79 bits per heavy atom. The van der Waals surface area contributed by atoms with E-state index in [0.717, 1.165) is 21.7 Å². The van der Waals surface area contributed by atoms with Crippen molar-refractivity contribution in [2.45, 2.75) is 13.1 Å². The van der Waals surface area contributed by atoms with Crippen molar-refractivity contribution in [1.29, 1.82) is 0 Å². The molecular weight excluding hydrogens is 392 g/mol. The van der Waals surface area contributed by atoms with Crippen LogP contribution in [0.15, 0.2) is 73.2 Å². The van der Waals surface area contributed by atoms with E-state index >= 15 is 0 Å². The number of halogens is 1. The van der Waals surface area contributed by atoms with Crippen molar-refractivity contribution < 1.29 is 4.79 Å². The summed E-state index contributed by atoms with van der Waals surface area (Å²) in [6.45, 7) is 1.15. The van der Waals surface area contributed by atoms with Crippen LogP contribution in [0.2, 0.25) is 5.02 Å². The fourth-order valence-electron chi connectivity index (χ4n) is 2.83. The molecule has 2 heterocycles. The predicted octanol–water partition coefficient (Wildman–Crippen LogP) is 4.64. The van der Waals surface area contributed by atoms with Crippen LogP contribution in [0, 0.1) is 0 Å². The number of thiazole rings is 1. The third kappa shape index (κ3) is 4.30. The zero-order valence-corrected chi connectivity index (χ0v) is 16.5. The highest BCUT2D eigenvalue weighted by Crippen LogP contribution is 2.30. The molecule has 0 saturated carbocycles. The molecule has 0 spiro atoms. The topological polar surface area (TPSA) is 59.8 Å². The summed E-state index contributed by atoms with van der Waals surface area (Å²) in [6.07, 6.45) is 5.28. The number of rotatable bonds is 6. The molecule has 4 rings (SSSR count). The molecule has 2 aromatic carbocycles. The molecule has 28 heavy (non-hydrogen) atoms. The summed E-state index contributed by atoms with van der Waals surface area (Å²) in [5.41, 5.74) is 3.00. The van der Waals surface area contributed by atoms with Gasteiger partial charge in [0.05, 0.1) is 17.8 Å². The van der Waals surface area contributed by atoms with E-state index in [1.54, 1.807) is 12.4 Å². The van der Waals surface area contributed by atoms with E-state index in [0.29, 0.717) is 23.0 Å². The number of hydrogen-bond acceptors (Lipinski definition) is 4. The first-order valence-electron chi connectivity index (χ1n) is 8.73. The monoisotopic (exact) mass is 408 g/mol. The van der Waals surface area contributed by atoms with Crippen molar-refractivity contribution in [1.82, 2.24) is 20.1 Å². The maximum absolute atomic E-state index is 12.5. The van der Waals surface area contributed by atoms with Crippen LogP contribution in [0.25, 0.3) is 10.6 Å². The van der Waals surface area contributed by atoms with Gasteiger partial charge in [-0.2, -0.15) is 5.10 Å². The fourth-order valence-corrected chi connectivity index (χ4v) is 3.98. The van der Waals surface area contributed by atoms with Gasteiger partial charge in [-0.3, -0.25) is 9.48 Å². The maximum atomic E-state index is 12.5. The van der Waals surface area contributed by atoms with Crippen molar-refractivity contribution >= 4 is 28.8 Å². The summed E-state index contributed by atoms with van der Waals surface area (Å²) in [4.78, 5) is 17.4. The van der Waals surface area contributed by atoms with Crippen LogP contribution in [-0.2, 0) is 13.1 Å². The zero-order chi connectivity index (χ0) is 19.3. The molecule has 4 aromatic rings. The van der Waals surface area contributed by atoms with Gasteiger partial charge in [-0.15, -0.1) is 11.3 Å². The molecule has 0 saturated heterocycles. The average molecular weight is 409 g/mol. The second-order valence-electron chi connectivity index (χ2n) is 6.22. The fraction of sp³-hybridized carbons (Fsp3) is 0.0952. The number of carbonyl (C=O) groups is 1. The van der Waals surface area contributed by atoms with Gasteiger partial charge in [-0.25, -0.2) is 4.98 Å². The van der Waals surface area contributed by atoms with Gasteiger partial charge in [0, 0.05) is 24.5 Å². The van der Waals surface area contributed by atoms with Gasteiger partial charge in [-0.1, -0.05) is 54.1 Å². The minimum absolute atomic E-state index is 0.145. The van der Waals surface area contributed by atoms with E-state index in [1.807, 2.05) is 59.4 Å². The Hall–Kier alpha value is -2.96. The third-order valence-electron chi connectivity index (χ3n) is 4.18. The summed E-state index contributed by atoms with van der Waals surface area (Å²) in [7, 11) is 0. The molecule has 5 nitrogen and oxygen atoms in total. The molecule has 0 fully saturated rings. The quantitative estimate of drug-likeness (QED) is 0.505. The molecule has 1 N–H and O–H groups in total. The van der Waals surface area contributed by atoms with Gasteiger partial charge < -0.3 is 5.32 Å². The number of hydrogen-bond donors (Lipinski definition) is 1. The summed E-state index contributed by atoms with van der Waals surface area (Å²) in [6, 6.07) is 17.5. The Kier molecular flexibility index (Phi) is 5.50. The van der Waals surface area contributed by atoms with E-state index < -0.39 is 0 Å². The standard InChI is InChI=1S/C21H17ClN4OS/c22-18-8-2-1-7-17(18)21-24-13-19(28-21)20(27)23-12-15-5-3-6-16(11-15)14-26-10-4-9-25-26/h1-11,13H,12,14H2,(H,23,27). The molecule has 0 unspecified atom stereocenters. The minimum atomic E-state index is -0.145. The first-order chi connectivity index (χ1) is 13.7. The van der Waals surface area contributed by atoms with Crippen LogP contribution in [-0.4, -0.2) is 20.7 Å². The number of carbonyl (C=O) groups excluding carboxylic acids is 1. The normalized spacial score (nSPS) is 10.8. The first kappa shape index (κ1) is 18.4. The summed E-state index contributed by atoms with van der Waals surface area (Å²) in [5, 5.41) is 8.53. The molecule has 0 aliphatic rings. The largest absolute Gasteiger partial charge is 0.347 e. The van der Waals surface area contributed by atoms with E-state index in [9.17, 15) is 4.79 Å².